The van der Waals surface area contributed by atoms with Gasteiger partial charge in [0.1, 0.15) is 0 Å². The summed E-state index contributed by atoms with van der Waals surface area (Å²) in [5.41, 5.74) is -0.0429. The van der Waals surface area contributed by atoms with Gasteiger partial charge in [-0.25, -0.2) is 0 Å². The Hall–Kier alpha value is -0.160. The number of aliphatic hydroxyl groups excluding tert-OH is 1. The first-order valence-electron chi connectivity index (χ1n) is 7.77. The van der Waals surface area contributed by atoms with E-state index in [1.54, 1.807) is 0 Å². The van der Waals surface area contributed by atoms with Crippen molar-refractivity contribution in [3.05, 3.63) is 0 Å². The summed E-state index contributed by atoms with van der Waals surface area (Å²) in [6.07, 6.45) is 4.70. The quantitative estimate of drug-likeness (QED) is 0.799. The first-order chi connectivity index (χ1) is 9.01. The van der Waals surface area contributed by atoms with Gasteiger partial charge < -0.3 is 10.4 Å². The normalized spacial score (nSPS) is 42.5. The van der Waals surface area contributed by atoms with Gasteiger partial charge in [-0.05, 0) is 53.6 Å². The molecule has 1 aliphatic heterocycles. The van der Waals surface area contributed by atoms with Crippen molar-refractivity contribution in [3.63, 3.8) is 0 Å². The molecule has 0 aromatic heterocycles. The van der Waals surface area contributed by atoms with Gasteiger partial charge in [-0.1, -0.05) is 0 Å². The Balaban J connectivity index is 2.01. The minimum absolute atomic E-state index is 0.0429. The lowest BCUT2D eigenvalue weighted by molar-refractivity contribution is 0.000347. The summed E-state index contributed by atoms with van der Waals surface area (Å²) in [6, 6.07) is 1.89. The molecular formula is C15H31N3O. The average Bonchev–Trinajstić information content (AvgIpc) is 2.44. The number of likely N-dealkylation sites (N-methyl/N-ethyl adjacent to an activating group) is 2. The van der Waals surface area contributed by atoms with Gasteiger partial charge in [-0.2, -0.15) is 0 Å². The van der Waals surface area contributed by atoms with E-state index in [-0.39, 0.29) is 12.1 Å². The SMILES string of the molecule is CNC1(CO)CCCC(N2CC(C)N(C)C(C)C2)C1. The lowest BCUT2D eigenvalue weighted by Crippen LogP contribution is -2.61. The summed E-state index contributed by atoms with van der Waals surface area (Å²) in [6.45, 7) is 7.23. The molecule has 4 atom stereocenters. The number of aliphatic hydroxyl groups is 1. The fourth-order valence-electron chi connectivity index (χ4n) is 3.84. The number of nitrogens with zero attached hydrogens (tertiary/aromatic N) is 2. The Labute approximate surface area is 118 Å². The maximum Gasteiger partial charge on any atom is 0.0613 e. The highest BCUT2D eigenvalue weighted by Crippen LogP contribution is 2.32. The highest BCUT2D eigenvalue weighted by molar-refractivity contribution is 4.97. The summed E-state index contributed by atoms with van der Waals surface area (Å²) in [7, 11) is 4.23. The Morgan fingerprint density at radius 1 is 1.26 bits per heavy atom. The summed E-state index contributed by atoms with van der Waals surface area (Å²) in [5.74, 6) is 0. The molecule has 2 aliphatic rings. The van der Waals surface area contributed by atoms with Crippen molar-refractivity contribution in [3.8, 4) is 0 Å². The van der Waals surface area contributed by atoms with Gasteiger partial charge in [0.25, 0.3) is 0 Å². The van der Waals surface area contributed by atoms with Crippen LogP contribution in [-0.2, 0) is 0 Å². The second-order valence-electron chi connectivity index (χ2n) is 6.76. The molecule has 0 aromatic rings. The van der Waals surface area contributed by atoms with E-state index >= 15 is 0 Å². The van der Waals surface area contributed by atoms with E-state index < -0.39 is 0 Å². The van der Waals surface area contributed by atoms with Gasteiger partial charge >= 0.3 is 0 Å². The van der Waals surface area contributed by atoms with E-state index in [4.69, 9.17) is 0 Å². The maximum absolute atomic E-state index is 9.71. The number of rotatable bonds is 3. The van der Waals surface area contributed by atoms with Crippen molar-refractivity contribution >= 4 is 0 Å². The summed E-state index contributed by atoms with van der Waals surface area (Å²) in [5, 5.41) is 13.1. The molecule has 0 bridgehead atoms. The molecule has 0 radical (unpaired) electrons. The molecule has 1 heterocycles. The molecule has 1 saturated heterocycles. The van der Waals surface area contributed by atoms with Crippen molar-refractivity contribution in [2.24, 2.45) is 0 Å². The zero-order valence-electron chi connectivity index (χ0n) is 13.0. The third-order valence-electron chi connectivity index (χ3n) is 5.56. The fourth-order valence-corrected chi connectivity index (χ4v) is 3.84. The predicted octanol–water partition coefficient (Wildman–Crippen LogP) is 0.904. The summed E-state index contributed by atoms with van der Waals surface area (Å²) < 4.78 is 0. The lowest BCUT2D eigenvalue weighted by Gasteiger charge is -2.49. The van der Waals surface area contributed by atoms with E-state index in [1.807, 2.05) is 7.05 Å². The minimum atomic E-state index is -0.0429. The predicted molar refractivity (Wildman–Crippen MR) is 79.4 cm³/mol. The number of piperazine rings is 1. The Bertz CT molecular complexity index is 281. The van der Waals surface area contributed by atoms with Gasteiger partial charge in [0, 0.05) is 36.8 Å². The van der Waals surface area contributed by atoms with Crippen LogP contribution < -0.4 is 5.32 Å². The van der Waals surface area contributed by atoms with E-state index in [2.05, 4.69) is 36.0 Å². The molecule has 2 rings (SSSR count). The Kier molecular flexibility index (Phi) is 4.88. The second-order valence-corrected chi connectivity index (χ2v) is 6.76. The molecular weight excluding hydrogens is 238 g/mol. The van der Waals surface area contributed by atoms with Crippen LogP contribution in [0.1, 0.15) is 39.5 Å². The molecule has 1 aliphatic carbocycles. The van der Waals surface area contributed by atoms with Gasteiger partial charge in [0.15, 0.2) is 0 Å². The van der Waals surface area contributed by atoms with Crippen LogP contribution in [-0.4, -0.2) is 72.4 Å². The van der Waals surface area contributed by atoms with E-state index in [9.17, 15) is 5.11 Å². The van der Waals surface area contributed by atoms with E-state index in [0.717, 1.165) is 25.9 Å². The molecule has 0 spiro atoms. The number of nitrogens with one attached hydrogen (secondary N) is 1. The molecule has 112 valence electrons. The van der Waals surface area contributed by atoms with Crippen LogP contribution in [0, 0.1) is 0 Å². The van der Waals surface area contributed by atoms with Crippen LogP contribution in [0.3, 0.4) is 0 Å². The van der Waals surface area contributed by atoms with Crippen LogP contribution in [0.2, 0.25) is 0 Å². The standard InChI is InChI=1S/C15H31N3O/c1-12-9-18(10-13(2)17(12)4)14-6-5-7-15(8-14,11-19)16-3/h12-14,16,19H,5-11H2,1-4H3. The van der Waals surface area contributed by atoms with Gasteiger partial charge in [0.05, 0.1) is 6.61 Å². The summed E-state index contributed by atoms with van der Waals surface area (Å²) >= 11 is 0. The van der Waals surface area contributed by atoms with E-state index in [1.165, 1.54) is 12.8 Å². The summed E-state index contributed by atoms with van der Waals surface area (Å²) in [4.78, 5) is 5.15. The molecule has 4 nitrogen and oxygen atoms in total. The van der Waals surface area contributed by atoms with Crippen molar-refractivity contribution in [2.45, 2.75) is 63.2 Å². The highest BCUT2D eigenvalue weighted by atomic mass is 16.3. The van der Waals surface area contributed by atoms with Crippen LogP contribution >= 0.6 is 0 Å². The molecule has 4 heteroatoms. The third kappa shape index (κ3) is 3.13. The van der Waals surface area contributed by atoms with Crippen molar-refractivity contribution in [1.29, 1.82) is 0 Å². The maximum atomic E-state index is 9.71. The molecule has 1 saturated carbocycles. The monoisotopic (exact) mass is 269 g/mol. The third-order valence-corrected chi connectivity index (χ3v) is 5.56. The average molecular weight is 269 g/mol. The van der Waals surface area contributed by atoms with Crippen molar-refractivity contribution in [2.75, 3.05) is 33.8 Å². The largest absolute Gasteiger partial charge is 0.394 e. The van der Waals surface area contributed by atoms with Crippen LogP contribution in [0.25, 0.3) is 0 Å². The molecule has 0 aromatic carbocycles. The zero-order chi connectivity index (χ0) is 14.0. The lowest BCUT2D eigenvalue weighted by atomic mass is 9.78. The zero-order valence-corrected chi connectivity index (χ0v) is 13.0. The Morgan fingerprint density at radius 3 is 2.42 bits per heavy atom. The van der Waals surface area contributed by atoms with Gasteiger partial charge in [0.2, 0.25) is 0 Å². The smallest absolute Gasteiger partial charge is 0.0613 e. The first kappa shape index (κ1) is 15.2. The fraction of sp³-hybridized carbons (Fsp3) is 1.00. The molecule has 2 fully saturated rings. The number of hydrogen-bond donors (Lipinski definition) is 2. The van der Waals surface area contributed by atoms with Crippen molar-refractivity contribution < 1.29 is 5.11 Å². The molecule has 2 N–H and O–H groups in total. The van der Waals surface area contributed by atoms with Gasteiger partial charge in [-0.15, -0.1) is 0 Å². The molecule has 0 amide bonds. The second kappa shape index (κ2) is 6.08. The van der Waals surface area contributed by atoms with Gasteiger partial charge in [-0.3, -0.25) is 9.80 Å². The number of hydrogen-bond acceptors (Lipinski definition) is 4. The minimum Gasteiger partial charge on any atom is -0.394 e. The van der Waals surface area contributed by atoms with Crippen LogP contribution in [0.4, 0.5) is 0 Å². The highest BCUT2D eigenvalue weighted by Gasteiger charge is 2.39. The molecule has 19 heavy (non-hydrogen) atoms. The first-order valence-corrected chi connectivity index (χ1v) is 7.77. The van der Waals surface area contributed by atoms with Crippen molar-refractivity contribution in [1.82, 2.24) is 15.1 Å². The Morgan fingerprint density at radius 2 is 1.89 bits per heavy atom. The molecule has 4 unspecified atom stereocenters. The van der Waals surface area contributed by atoms with Crippen LogP contribution in [0.5, 0.6) is 0 Å². The topological polar surface area (TPSA) is 38.7 Å². The van der Waals surface area contributed by atoms with Crippen LogP contribution in [0.15, 0.2) is 0 Å². The van der Waals surface area contributed by atoms with E-state index in [0.29, 0.717) is 18.1 Å².